The van der Waals surface area contributed by atoms with Crippen LogP contribution in [0.25, 0.3) is 0 Å². The van der Waals surface area contributed by atoms with E-state index in [1.165, 1.54) is 0 Å². The molecule has 136 valence electrons. The van der Waals surface area contributed by atoms with Crippen molar-refractivity contribution in [3.05, 3.63) is 65.2 Å². The average Bonchev–Trinajstić information content (AvgIpc) is 2.65. The van der Waals surface area contributed by atoms with Crippen molar-refractivity contribution in [1.29, 1.82) is 0 Å². The summed E-state index contributed by atoms with van der Waals surface area (Å²) in [5.74, 6) is -0.633. The number of halogens is 1. The number of anilines is 1. The minimum Gasteiger partial charge on any atom is -0.367 e. The fraction of sp³-hybridized carbons (Fsp3) is 0.368. The van der Waals surface area contributed by atoms with Crippen LogP contribution in [0.2, 0.25) is 5.02 Å². The maximum atomic E-state index is 13.6. The molecule has 0 saturated heterocycles. The van der Waals surface area contributed by atoms with E-state index in [4.69, 9.17) is 20.6 Å². The third-order valence-corrected chi connectivity index (χ3v) is 6.02. The molecule has 0 bridgehead atoms. The summed E-state index contributed by atoms with van der Waals surface area (Å²) in [5.41, 5.74) is 1.52. The molecule has 0 aliphatic carbocycles. The van der Waals surface area contributed by atoms with Crippen molar-refractivity contribution in [2.75, 3.05) is 18.5 Å². The van der Waals surface area contributed by atoms with Crippen LogP contribution in [0, 0.1) is 0 Å². The normalized spacial score (nSPS) is 12.8. The quantitative estimate of drug-likeness (QED) is 0.477. The number of para-hydroxylation sites is 1. The molecule has 0 aromatic heterocycles. The number of rotatable bonds is 10. The Morgan fingerprint density at radius 2 is 1.52 bits per heavy atom. The second-order valence-electron chi connectivity index (χ2n) is 5.64. The van der Waals surface area contributed by atoms with E-state index in [1.54, 1.807) is 6.07 Å². The van der Waals surface area contributed by atoms with Crippen molar-refractivity contribution in [2.45, 2.75) is 32.5 Å². The molecule has 0 fully saturated rings. The van der Waals surface area contributed by atoms with Crippen molar-refractivity contribution in [2.24, 2.45) is 0 Å². The van der Waals surface area contributed by atoms with Crippen LogP contribution in [-0.2, 0) is 13.6 Å². The Balaban J connectivity index is 2.41. The summed E-state index contributed by atoms with van der Waals surface area (Å²) >= 11 is 6.28. The van der Waals surface area contributed by atoms with Gasteiger partial charge in [-0.25, -0.2) is 0 Å². The lowest BCUT2D eigenvalue weighted by Crippen LogP contribution is -2.16. The maximum absolute atomic E-state index is 13.6. The Labute approximate surface area is 155 Å². The highest BCUT2D eigenvalue weighted by Gasteiger charge is 2.37. The zero-order chi connectivity index (χ0) is 18.1. The summed E-state index contributed by atoms with van der Waals surface area (Å²) in [4.78, 5) is 0. The lowest BCUT2D eigenvalue weighted by atomic mass is 10.2. The molecule has 2 rings (SSSR count). The Morgan fingerprint density at radius 1 is 0.960 bits per heavy atom. The summed E-state index contributed by atoms with van der Waals surface area (Å²) in [5, 5.41) is 3.83. The second kappa shape index (κ2) is 9.98. The highest BCUT2D eigenvalue weighted by Crippen LogP contribution is 2.61. The molecule has 0 spiro atoms. The van der Waals surface area contributed by atoms with Gasteiger partial charge in [0.1, 0.15) is 0 Å². The fourth-order valence-corrected chi connectivity index (χ4v) is 4.60. The molecular weight excluding hydrogens is 357 g/mol. The van der Waals surface area contributed by atoms with E-state index in [1.807, 2.05) is 62.4 Å². The van der Waals surface area contributed by atoms with Crippen LogP contribution in [-0.4, -0.2) is 13.2 Å². The average molecular weight is 382 g/mol. The predicted octanol–water partition coefficient (Wildman–Crippen LogP) is 6.50. The smallest absolute Gasteiger partial charge is 0.357 e. The molecule has 1 atom stereocenters. The lowest BCUT2D eigenvalue weighted by Gasteiger charge is -2.29. The molecule has 25 heavy (non-hydrogen) atoms. The summed E-state index contributed by atoms with van der Waals surface area (Å²) < 4.78 is 25.1. The summed E-state index contributed by atoms with van der Waals surface area (Å²) in [6, 6.07) is 16.9. The highest BCUT2D eigenvalue weighted by atomic mass is 35.5. The molecular formula is C19H25ClNO3P. The van der Waals surface area contributed by atoms with E-state index >= 15 is 0 Å². The first-order chi connectivity index (χ1) is 12.1. The van der Waals surface area contributed by atoms with Gasteiger partial charge >= 0.3 is 7.60 Å². The van der Waals surface area contributed by atoms with Gasteiger partial charge in [-0.05, 0) is 30.5 Å². The van der Waals surface area contributed by atoms with Crippen molar-refractivity contribution < 1.29 is 13.6 Å². The van der Waals surface area contributed by atoms with Crippen LogP contribution < -0.4 is 5.32 Å². The number of hydrogen-bond donors (Lipinski definition) is 1. The Bertz CT molecular complexity index is 684. The first-order valence-electron chi connectivity index (χ1n) is 8.55. The third kappa shape index (κ3) is 5.58. The molecule has 0 unspecified atom stereocenters. The van der Waals surface area contributed by atoms with Crippen molar-refractivity contribution in [3.8, 4) is 0 Å². The van der Waals surface area contributed by atoms with E-state index in [2.05, 4.69) is 5.32 Å². The summed E-state index contributed by atoms with van der Waals surface area (Å²) in [6.07, 6.45) is 1.51. The predicted molar refractivity (Wildman–Crippen MR) is 104 cm³/mol. The van der Waals surface area contributed by atoms with E-state index in [-0.39, 0.29) is 0 Å². The lowest BCUT2D eigenvalue weighted by molar-refractivity contribution is 0.199. The van der Waals surface area contributed by atoms with Gasteiger partial charge in [0.15, 0.2) is 5.78 Å². The van der Waals surface area contributed by atoms with Crippen LogP contribution >= 0.6 is 19.2 Å². The molecule has 0 saturated carbocycles. The van der Waals surface area contributed by atoms with Gasteiger partial charge in [-0.3, -0.25) is 4.57 Å². The van der Waals surface area contributed by atoms with Crippen LogP contribution in [0.5, 0.6) is 0 Å². The molecule has 2 aromatic rings. The number of nitrogens with one attached hydrogen (secondary N) is 1. The van der Waals surface area contributed by atoms with E-state index < -0.39 is 13.4 Å². The summed E-state index contributed by atoms with van der Waals surface area (Å²) in [6.45, 7) is 4.69. The van der Waals surface area contributed by atoms with Crippen molar-refractivity contribution >= 4 is 24.9 Å². The molecule has 0 aliphatic heterocycles. The maximum Gasteiger partial charge on any atom is 0.357 e. The van der Waals surface area contributed by atoms with Gasteiger partial charge in [0.2, 0.25) is 0 Å². The minimum absolute atomic E-state index is 0.370. The second-order valence-corrected chi connectivity index (χ2v) is 8.16. The molecule has 0 amide bonds. The van der Waals surface area contributed by atoms with Gasteiger partial charge in [-0.15, -0.1) is 0 Å². The molecule has 0 heterocycles. The van der Waals surface area contributed by atoms with Gasteiger partial charge in [0, 0.05) is 0 Å². The Kier molecular flexibility index (Phi) is 7.98. The van der Waals surface area contributed by atoms with Gasteiger partial charge in [0.25, 0.3) is 0 Å². The van der Waals surface area contributed by atoms with Crippen molar-refractivity contribution in [3.63, 3.8) is 0 Å². The van der Waals surface area contributed by atoms with E-state index in [9.17, 15) is 4.57 Å². The monoisotopic (exact) mass is 381 g/mol. The molecule has 1 N–H and O–H groups in total. The zero-order valence-electron chi connectivity index (χ0n) is 14.7. The molecule has 4 nitrogen and oxygen atoms in total. The van der Waals surface area contributed by atoms with Crippen LogP contribution in [0.1, 0.15) is 38.0 Å². The van der Waals surface area contributed by atoms with Crippen LogP contribution in [0.3, 0.4) is 0 Å². The zero-order valence-corrected chi connectivity index (χ0v) is 16.3. The Hall–Kier alpha value is -1.32. The van der Waals surface area contributed by atoms with E-state index in [0.29, 0.717) is 23.9 Å². The van der Waals surface area contributed by atoms with Crippen molar-refractivity contribution in [1.82, 2.24) is 0 Å². The van der Waals surface area contributed by atoms with E-state index in [0.717, 1.165) is 18.4 Å². The van der Waals surface area contributed by atoms with Crippen LogP contribution in [0.15, 0.2) is 54.6 Å². The molecule has 6 heteroatoms. The number of benzene rings is 2. The number of hydrogen-bond acceptors (Lipinski definition) is 4. The fourth-order valence-electron chi connectivity index (χ4n) is 2.33. The molecule has 0 aliphatic rings. The standard InChI is InChI=1S/C19H25ClNO3P/c1-3-14-23-25(22,24-15-4-2)19(16-10-6-5-7-11-16)21-18-13-9-8-12-17(18)20/h5-13,19,21H,3-4,14-15H2,1-2H3/t19-/m1/s1. The molecule has 0 radical (unpaired) electrons. The highest BCUT2D eigenvalue weighted by molar-refractivity contribution is 7.54. The molecule has 2 aromatic carbocycles. The van der Waals surface area contributed by atoms with Crippen LogP contribution in [0.4, 0.5) is 5.69 Å². The Morgan fingerprint density at radius 3 is 2.08 bits per heavy atom. The van der Waals surface area contributed by atoms with Gasteiger partial charge < -0.3 is 14.4 Å². The third-order valence-electron chi connectivity index (χ3n) is 3.55. The van der Waals surface area contributed by atoms with Gasteiger partial charge in [-0.1, -0.05) is 67.9 Å². The summed E-state index contributed by atoms with van der Waals surface area (Å²) in [7, 11) is -3.44. The van der Waals surface area contributed by atoms with Gasteiger partial charge in [0.05, 0.1) is 23.9 Å². The SMILES string of the molecule is CCCOP(=O)(OCCC)[C@@H](Nc1ccccc1Cl)c1ccccc1. The first kappa shape index (κ1) is 20.0. The largest absolute Gasteiger partial charge is 0.367 e. The topological polar surface area (TPSA) is 47.6 Å². The first-order valence-corrected chi connectivity index (χ1v) is 10.5. The minimum atomic E-state index is -3.44. The van der Waals surface area contributed by atoms with Gasteiger partial charge in [-0.2, -0.15) is 0 Å².